The molecule has 0 aromatic heterocycles. The van der Waals surface area contributed by atoms with E-state index in [0.29, 0.717) is 6.61 Å². The molecule has 1 aromatic carbocycles. The Morgan fingerprint density at radius 2 is 2.05 bits per heavy atom. The Balaban J connectivity index is 1.76. The molecule has 1 heterocycles. The second-order valence-corrected chi connectivity index (χ2v) is 5.67. The van der Waals surface area contributed by atoms with Gasteiger partial charge in [-0.2, -0.15) is 0 Å². The van der Waals surface area contributed by atoms with Crippen LogP contribution >= 0.6 is 11.6 Å². The third kappa shape index (κ3) is 4.97. The Kier molecular flexibility index (Phi) is 6.64. The summed E-state index contributed by atoms with van der Waals surface area (Å²) < 4.78 is 5.66. The minimum absolute atomic E-state index is 0.704. The summed E-state index contributed by atoms with van der Waals surface area (Å²) in [5, 5.41) is 4.18. The van der Waals surface area contributed by atoms with E-state index in [2.05, 4.69) is 10.2 Å². The Hall–Kier alpha value is -0.770. The number of rotatable bonds is 7. The molecule has 0 bridgehead atoms. The molecular formula is C16H25ClN2O. The molecule has 1 fully saturated rings. The average Bonchev–Trinajstić information content (AvgIpc) is 2.47. The van der Waals surface area contributed by atoms with E-state index >= 15 is 0 Å². The average molecular weight is 297 g/mol. The zero-order chi connectivity index (χ0) is 14.2. The van der Waals surface area contributed by atoms with Crippen LogP contribution in [0.1, 0.15) is 25.3 Å². The van der Waals surface area contributed by atoms with Gasteiger partial charge in [-0.05, 0) is 56.5 Å². The van der Waals surface area contributed by atoms with Crippen LogP contribution in [0.5, 0.6) is 5.75 Å². The lowest BCUT2D eigenvalue weighted by molar-refractivity contribution is 0.236. The molecule has 20 heavy (non-hydrogen) atoms. The quantitative estimate of drug-likeness (QED) is 0.783. The molecule has 112 valence electrons. The van der Waals surface area contributed by atoms with Crippen molar-refractivity contribution in [3.05, 3.63) is 28.8 Å². The van der Waals surface area contributed by atoms with Crippen LogP contribution in [0.25, 0.3) is 0 Å². The van der Waals surface area contributed by atoms with Crippen molar-refractivity contribution in [3.8, 4) is 5.75 Å². The van der Waals surface area contributed by atoms with Gasteiger partial charge in [0.05, 0.1) is 6.61 Å². The molecule has 3 nitrogen and oxygen atoms in total. The van der Waals surface area contributed by atoms with Crippen LogP contribution in [0.3, 0.4) is 0 Å². The van der Waals surface area contributed by atoms with Gasteiger partial charge >= 0.3 is 0 Å². The number of unbranched alkanes of at least 4 members (excludes halogenated alkanes) is 1. The van der Waals surface area contributed by atoms with Crippen molar-refractivity contribution < 1.29 is 4.74 Å². The van der Waals surface area contributed by atoms with Gasteiger partial charge in [-0.15, -0.1) is 0 Å². The lowest BCUT2D eigenvalue weighted by atomic mass is 10.1. The topological polar surface area (TPSA) is 24.5 Å². The first kappa shape index (κ1) is 15.6. The predicted octanol–water partition coefficient (Wildman–Crippen LogP) is 2.97. The number of halogens is 1. The summed E-state index contributed by atoms with van der Waals surface area (Å²) in [4.78, 5) is 2.54. The fraction of sp³-hybridized carbons (Fsp3) is 0.625. The molecule has 0 aliphatic carbocycles. The Bertz CT molecular complexity index is 405. The van der Waals surface area contributed by atoms with Gasteiger partial charge < -0.3 is 15.0 Å². The summed E-state index contributed by atoms with van der Waals surface area (Å²) in [5.74, 6) is 0.985. The molecule has 2 rings (SSSR count). The van der Waals surface area contributed by atoms with Crippen molar-refractivity contribution in [1.29, 1.82) is 0 Å². The number of piperazine rings is 1. The lowest BCUT2D eigenvalue weighted by Gasteiger charge is -2.27. The van der Waals surface area contributed by atoms with E-state index in [4.69, 9.17) is 16.3 Å². The van der Waals surface area contributed by atoms with Gasteiger partial charge in [-0.1, -0.05) is 11.6 Å². The fourth-order valence-corrected chi connectivity index (χ4v) is 2.82. The van der Waals surface area contributed by atoms with Crippen molar-refractivity contribution in [3.63, 3.8) is 0 Å². The van der Waals surface area contributed by atoms with E-state index in [1.165, 1.54) is 38.0 Å². The highest BCUT2D eigenvalue weighted by Gasteiger charge is 2.09. The van der Waals surface area contributed by atoms with Crippen molar-refractivity contribution >= 4 is 11.6 Å². The number of hydrogen-bond acceptors (Lipinski definition) is 3. The molecular weight excluding hydrogens is 272 g/mol. The van der Waals surface area contributed by atoms with Gasteiger partial charge in [0, 0.05) is 31.2 Å². The van der Waals surface area contributed by atoms with Crippen LogP contribution < -0.4 is 10.1 Å². The van der Waals surface area contributed by atoms with Gasteiger partial charge in [-0.3, -0.25) is 0 Å². The minimum Gasteiger partial charge on any atom is -0.494 e. The van der Waals surface area contributed by atoms with Crippen molar-refractivity contribution in [2.75, 3.05) is 39.3 Å². The standard InChI is InChI=1S/C16H25ClN2O/c1-2-20-16-7-6-15(17)13-14(16)5-3-4-10-19-11-8-18-9-12-19/h6-7,13,18H,2-5,8-12H2,1H3. The maximum absolute atomic E-state index is 6.08. The molecule has 1 N–H and O–H groups in total. The van der Waals surface area contributed by atoms with Crippen molar-refractivity contribution in [2.45, 2.75) is 26.2 Å². The zero-order valence-electron chi connectivity index (χ0n) is 12.3. The molecule has 0 amide bonds. The molecule has 0 unspecified atom stereocenters. The van der Waals surface area contributed by atoms with Crippen LogP contribution in [-0.4, -0.2) is 44.2 Å². The van der Waals surface area contributed by atoms with E-state index < -0.39 is 0 Å². The first-order valence-electron chi connectivity index (χ1n) is 7.64. The second-order valence-electron chi connectivity index (χ2n) is 5.23. The fourth-order valence-electron chi connectivity index (χ4n) is 2.63. The first-order valence-corrected chi connectivity index (χ1v) is 8.01. The lowest BCUT2D eigenvalue weighted by Crippen LogP contribution is -2.43. The smallest absolute Gasteiger partial charge is 0.122 e. The van der Waals surface area contributed by atoms with E-state index in [0.717, 1.165) is 30.3 Å². The van der Waals surface area contributed by atoms with Crippen LogP contribution in [0.2, 0.25) is 5.02 Å². The summed E-state index contributed by atoms with van der Waals surface area (Å²) >= 11 is 6.08. The summed E-state index contributed by atoms with van der Waals surface area (Å²) in [5.41, 5.74) is 1.24. The van der Waals surface area contributed by atoms with Gasteiger partial charge in [0.1, 0.15) is 5.75 Å². The SMILES string of the molecule is CCOc1ccc(Cl)cc1CCCCN1CCNCC1. The molecule has 1 saturated heterocycles. The maximum atomic E-state index is 6.08. The van der Waals surface area contributed by atoms with Crippen molar-refractivity contribution in [2.24, 2.45) is 0 Å². The number of benzene rings is 1. The molecule has 1 aliphatic rings. The van der Waals surface area contributed by atoms with E-state index in [9.17, 15) is 0 Å². The molecule has 1 aromatic rings. The summed E-state index contributed by atoms with van der Waals surface area (Å²) in [7, 11) is 0. The van der Waals surface area contributed by atoms with Gasteiger partial charge in [-0.25, -0.2) is 0 Å². The highest BCUT2D eigenvalue weighted by atomic mass is 35.5. The predicted molar refractivity (Wildman–Crippen MR) is 84.9 cm³/mol. The minimum atomic E-state index is 0.704. The van der Waals surface area contributed by atoms with Crippen LogP contribution in [0.15, 0.2) is 18.2 Å². The Morgan fingerprint density at radius 3 is 2.80 bits per heavy atom. The van der Waals surface area contributed by atoms with E-state index in [1.54, 1.807) is 0 Å². The second kappa shape index (κ2) is 8.50. The zero-order valence-corrected chi connectivity index (χ0v) is 13.1. The molecule has 0 radical (unpaired) electrons. The summed E-state index contributed by atoms with van der Waals surface area (Å²) in [6.45, 7) is 8.54. The maximum Gasteiger partial charge on any atom is 0.122 e. The molecule has 0 atom stereocenters. The van der Waals surface area contributed by atoms with Crippen LogP contribution in [-0.2, 0) is 6.42 Å². The van der Waals surface area contributed by atoms with E-state index in [-0.39, 0.29) is 0 Å². The Labute approximate surface area is 127 Å². The summed E-state index contributed by atoms with van der Waals surface area (Å²) in [6, 6.07) is 5.92. The highest BCUT2D eigenvalue weighted by Crippen LogP contribution is 2.24. The van der Waals surface area contributed by atoms with Gasteiger partial charge in [0.15, 0.2) is 0 Å². The van der Waals surface area contributed by atoms with Crippen molar-refractivity contribution in [1.82, 2.24) is 10.2 Å². The van der Waals surface area contributed by atoms with Gasteiger partial charge in [0.25, 0.3) is 0 Å². The van der Waals surface area contributed by atoms with Crippen LogP contribution in [0, 0.1) is 0 Å². The monoisotopic (exact) mass is 296 g/mol. The highest BCUT2D eigenvalue weighted by molar-refractivity contribution is 6.30. The number of nitrogens with zero attached hydrogens (tertiary/aromatic N) is 1. The molecule has 1 aliphatic heterocycles. The van der Waals surface area contributed by atoms with E-state index in [1.807, 2.05) is 25.1 Å². The number of ether oxygens (including phenoxy) is 1. The normalized spacial score (nSPS) is 16.3. The molecule has 0 saturated carbocycles. The molecule has 0 spiro atoms. The first-order chi connectivity index (χ1) is 9.79. The largest absolute Gasteiger partial charge is 0.494 e. The van der Waals surface area contributed by atoms with Crippen LogP contribution in [0.4, 0.5) is 0 Å². The third-order valence-electron chi connectivity index (χ3n) is 3.70. The van der Waals surface area contributed by atoms with Gasteiger partial charge in [0.2, 0.25) is 0 Å². The molecule has 4 heteroatoms. The number of nitrogens with one attached hydrogen (secondary N) is 1. The summed E-state index contributed by atoms with van der Waals surface area (Å²) in [6.07, 6.45) is 3.46. The Morgan fingerprint density at radius 1 is 1.25 bits per heavy atom. The number of hydrogen-bond donors (Lipinski definition) is 1. The third-order valence-corrected chi connectivity index (χ3v) is 3.94. The number of aryl methyl sites for hydroxylation is 1.